The Hall–Kier alpha value is -1.75. The Morgan fingerprint density at radius 3 is 3.08 bits per heavy atom. The molecule has 1 aromatic heterocycles. The molecule has 0 unspecified atom stereocenters. The van der Waals surface area contributed by atoms with Crippen molar-refractivity contribution in [2.45, 2.75) is 13.3 Å². The molecule has 1 rings (SSSR count). The van der Waals surface area contributed by atoms with E-state index in [1.807, 2.05) is 31.3 Å². The molecule has 0 amide bonds. The van der Waals surface area contributed by atoms with Crippen LogP contribution in [-0.4, -0.2) is 4.98 Å². The number of aromatic amines is 1. The monoisotopic (exact) mass is 172 g/mol. The lowest BCUT2D eigenvalue weighted by Gasteiger charge is -1.81. The molecule has 0 fully saturated rings. The first-order chi connectivity index (χ1) is 6.29. The van der Waals surface area contributed by atoms with Crippen molar-refractivity contribution in [1.29, 1.82) is 5.26 Å². The normalized spacial score (nSPS) is 12.2. The summed E-state index contributed by atoms with van der Waals surface area (Å²) in [5, 5.41) is 10.4. The Kier molecular flexibility index (Phi) is 3.10. The zero-order valence-electron chi connectivity index (χ0n) is 7.67. The number of nitriles is 1. The second-order valence-electron chi connectivity index (χ2n) is 2.73. The quantitative estimate of drug-likeness (QED) is 0.705. The fraction of sp³-hybridized carbons (Fsp3) is 0.182. The lowest BCUT2D eigenvalue weighted by atomic mass is 10.2. The van der Waals surface area contributed by atoms with E-state index in [1.54, 1.807) is 0 Å². The molecule has 66 valence electrons. The van der Waals surface area contributed by atoms with Gasteiger partial charge in [0.25, 0.3) is 0 Å². The highest BCUT2D eigenvalue weighted by Crippen LogP contribution is 1.85. The molecule has 0 spiro atoms. The minimum Gasteiger partial charge on any atom is -0.361 e. The van der Waals surface area contributed by atoms with Gasteiger partial charge >= 0.3 is 0 Å². The Bertz CT molecular complexity index is 443. The van der Waals surface area contributed by atoms with E-state index < -0.39 is 0 Å². The van der Waals surface area contributed by atoms with E-state index in [0.717, 1.165) is 16.1 Å². The maximum Gasteiger partial charge on any atom is 0.0670 e. The molecular weight excluding hydrogens is 160 g/mol. The molecule has 0 atom stereocenters. The maximum absolute atomic E-state index is 8.51. The highest BCUT2D eigenvalue weighted by molar-refractivity contribution is 5.37. The van der Waals surface area contributed by atoms with Crippen LogP contribution in [-0.2, 0) is 6.42 Å². The number of H-pyrrole nitrogens is 1. The van der Waals surface area contributed by atoms with Crippen molar-refractivity contribution >= 4 is 12.7 Å². The number of aromatic nitrogens is 1. The van der Waals surface area contributed by atoms with Gasteiger partial charge in [-0.15, -0.1) is 0 Å². The number of nitrogens with one attached hydrogen (secondary N) is 1. The molecule has 1 N–H and O–H groups in total. The molecule has 0 aliphatic carbocycles. The van der Waals surface area contributed by atoms with Gasteiger partial charge in [-0.25, -0.2) is 0 Å². The summed E-state index contributed by atoms with van der Waals surface area (Å²) in [7, 11) is 0. The second kappa shape index (κ2) is 4.32. The van der Waals surface area contributed by atoms with Gasteiger partial charge in [-0.2, -0.15) is 5.26 Å². The number of rotatable bonds is 2. The van der Waals surface area contributed by atoms with Crippen molar-refractivity contribution in [2.75, 3.05) is 0 Å². The standard InChI is InChI=1S/C11H12N2/c1-3-4-5-11-9(2)10(6-7-12)8-13-11/h3-5,8,13H,2,6H2,1H3/b4-3-,11-5+. The van der Waals surface area contributed by atoms with Crippen LogP contribution in [0.3, 0.4) is 0 Å². The summed E-state index contributed by atoms with van der Waals surface area (Å²) in [5.41, 5.74) is 0.971. The molecule has 1 heterocycles. The van der Waals surface area contributed by atoms with Gasteiger partial charge in [-0.05, 0) is 23.8 Å². The van der Waals surface area contributed by atoms with E-state index in [1.165, 1.54) is 0 Å². The van der Waals surface area contributed by atoms with Crippen LogP contribution in [0.1, 0.15) is 12.5 Å². The van der Waals surface area contributed by atoms with Crippen LogP contribution in [0.4, 0.5) is 0 Å². The summed E-state index contributed by atoms with van der Waals surface area (Å²) in [4.78, 5) is 3.07. The average Bonchev–Trinajstić information content (AvgIpc) is 2.46. The molecule has 0 aliphatic rings. The van der Waals surface area contributed by atoms with E-state index in [2.05, 4.69) is 17.6 Å². The molecule has 0 saturated heterocycles. The summed E-state index contributed by atoms with van der Waals surface area (Å²) < 4.78 is 0. The molecule has 0 radical (unpaired) electrons. The Labute approximate surface area is 77.5 Å². The van der Waals surface area contributed by atoms with Gasteiger partial charge < -0.3 is 4.98 Å². The zero-order valence-corrected chi connectivity index (χ0v) is 7.67. The van der Waals surface area contributed by atoms with Gasteiger partial charge in [0.05, 0.1) is 12.5 Å². The Balaban J connectivity index is 3.15. The van der Waals surface area contributed by atoms with Crippen molar-refractivity contribution in [1.82, 2.24) is 4.98 Å². The van der Waals surface area contributed by atoms with Crippen LogP contribution >= 0.6 is 0 Å². The van der Waals surface area contributed by atoms with Gasteiger partial charge in [-0.3, -0.25) is 0 Å². The van der Waals surface area contributed by atoms with Crippen LogP contribution in [0.25, 0.3) is 12.7 Å². The first-order valence-electron chi connectivity index (χ1n) is 4.14. The molecule has 0 aliphatic heterocycles. The third kappa shape index (κ3) is 2.09. The van der Waals surface area contributed by atoms with E-state index in [-0.39, 0.29) is 0 Å². The van der Waals surface area contributed by atoms with E-state index >= 15 is 0 Å². The number of nitrogens with zero attached hydrogens (tertiary/aromatic N) is 1. The van der Waals surface area contributed by atoms with Gasteiger partial charge in [0.2, 0.25) is 0 Å². The third-order valence-corrected chi connectivity index (χ3v) is 1.84. The van der Waals surface area contributed by atoms with Crippen molar-refractivity contribution in [2.24, 2.45) is 0 Å². The lowest BCUT2D eigenvalue weighted by Crippen LogP contribution is -2.22. The number of hydrogen-bond donors (Lipinski definition) is 1. The minimum atomic E-state index is 0.416. The molecular formula is C11H12N2. The molecule has 2 nitrogen and oxygen atoms in total. The first-order valence-corrected chi connectivity index (χ1v) is 4.14. The maximum atomic E-state index is 8.51. The highest BCUT2D eigenvalue weighted by Gasteiger charge is 1.94. The minimum absolute atomic E-state index is 0.416. The van der Waals surface area contributed by atoms with Crippen LogP contribution in [0.2, 0.25) is 0 Å². The van der Waals surface area contributed by atoms with Crippen LogP contribution in [0.5, 0.6) is 0 Å². The van der Waals surface area contributed by atoms with Crippen molar-refractivity contribution < 1.29 is 0 Å². The SMILES string of the molecule is C=c1c(CC#N)c[nH]/c1=C/C=C\C. The largest absolute Gasteiger partial charge is 0.361 e. The molecule has 2 heteroatoms. The summed E-state index contributed by atoms with van der Waals surface area (Å²) in [6, 6.07) is 2.10. The van der Waals surface area contributed by atoms with E-state index in [0.29, 0.717) is 6.42 Å². The number of hydrogen-bond acceptors (Lipinski definition) is 1. The average molecular weight is 172 g/mol. The topological polar surface area (TPSA) is 39.6 Å². The van der Waals surface area contributed by atoms with Crippen molar-refractivity contribution in [3.05, 3.63) is 34.5 Å². The first kappa shape index (κ1) is 9.34. The summed E-state index contributed by atoms with van der Waals surface area (Å²) in [6.07, 6.45) is 8.09. The van der Waals surface area contributed by atoms with Gasteiger partial charge in [0.1, 0.15) is 0 Å². The molecule has 0 aromatic carbocycles. The summed E-state index contributed by atoms with van der Waals surface area (Å²) in [6.45, 7) is 5.86. The fourth-order valence-corrected chi connectivity index (χ4v) is 1.10. The van der Waals surface area contributed by atoms with E-state index in [9.17, 15) is 0 Å². The second-order valence-corrected chi connectivity index (χ2v) is 2.73. The molecule has 1 aromatic rings. The zero-order chi connectivity index (χ0) is 9.68. The molecule has 13 heavy (non-hydrogen) atoms. The lowest BCUT2D eigenvalue weighted by molar-refractivity contribution is 1.25. The fourth-order valence-electron chi connectivity index (χ4n) is 1.10. The predicted molar refractivity (Wildman–Crippen MR) is 54.2 cm³/mol. The third-order valence-electron chi connectivity index (χ3n) is 1.84. The van der Waals surface area contributed by atoms with Gasteiger partial charge in [0, 0.05) is 11.5 Å². The summed E-state index contributed by atoms with van der Waals surface area (Å²) in [5.74, 6) is 0. The number of allylic oxidation sites excluding steroid dienone is 2. The summed E-state index contributed by atoms with van der Waals surface area (Å²) >= 11 is 0. The predicted octanol–water partition coefficient (Wildman–Crippen LogP) is 0.848. The molecule has 0 saturated carbocycles. The van der Waals surface area contributed by atoms with Gasteiger partial charge in [-0.1, -0.05) is 18.7 Å². The van der Waals surface area contributed by atoms with Crippen LogP contribution in [0, 0.1) is 11.3 Å². The molecule has 0 bridgehead atoms. The Morgan fingerprint density at radius 1 is 1.69 bits per heavy atom. The van der Waals surface area contributed by atoms with Crippen molar-refractivity contribution in [3.63, 3.8) is 0 Å². The highest BCUT2D eigenvalue weighted by atomic mass is 14.7. The smallest absolute Gasteiger partial charge is 0.0670 e. The van der Waals surface area contributed by atoms with Gasteiger partial charge in [0.15, 0.2) is 0 Å². The Morgan fingerprint density at radius 2 is 2.46 bits per heavy atom. The van der Waals surface area contributed by atoms with Crippen LogP contribution in [0.15, 0.2) is 18.3 Å². The van der Waals surface area contributed by atoms with Crippen LogP contribution < -0.4 is 10.6 Å². The van der Waals surface area contributed by atoms with Crippen molar-refractivity contribution in [3.8, 4) is 6.07 Å². The van der Waals surface area contributed by atoms with E-state index in [4.69, 9.17) is 5.26 Å².